The van der Waals surface area contributed by atoms with E-state index in [0.717, 1.165) is 31.6 Å². The van der Waals surface area contributed by atoms with Gasteiger partial charge < -0.3 is 14.3 Å². The molecule has 24 heavy (non-hydrogen) atoms. The van der Waals surface area contributed by atoms with E-state index in [1.165, 1.54) is 19.4 Å². The highest BCUT2D eigenvalue weighted by atomic mass is 16.5. The van der Waals surface area contributed by atoms with Gasteiger partial charge in [-0.3, -0.25) is 4.79 Å². The van der Waals surface area contributed by atoms with E-state index >= 15 is 0 Å². The Morgan fingerprint density at radius 3 is 2.67 bits per heavy atom. The summed E-state index contributed by atoms with van der Waals surface area (Å²) in [6.07, 6.45) is 6.83. The normalized spacial score (nSPS) is 25.1. The standard InChI is InChI=1S/C18H30N4O2/c1-13(2)18-19-16(24-20-18)9-4-10-17(23)22-12-6-8-15(22)14-7-5-11-21(14)3/h13-15H,4-12H2,1-3H3/t14-,15-/m0/s1. The number of aryl methyl sites for hydroxylation is 1. The van der Waals surface area contributed by atoms with Crippen LogP contribution in [0.3, 0.4) is 0 Å². The number of aromatic nitrogens is 2. The van der Waals surface area contributed by atoms with E-state index in [9.17, 15) is 4.79 Å². The molecule has 2 saturated heterocycles. The summed E-state index contributed by atoms with van der Waals surface area (Å²) in [5.74, 6) is 1.97. The molecule has 0 saturated carbocycles. The summed E-state index contributed by atoms with van der Waals surface area (Å²) in [5.41, 5.74) is 0. The molecule has 1 aromatic rings. The molecule has 2 aliphatic heterocycles. The number of carbonyl (C=O) groups excluding carboxylic acids is 1. The first-order valence-electron chi connectivity index (χ1n) is 9.38. The van der Waals surface area contributed by atoms with Crippen LogP contribution in [0.4, 0.5) is 0 Å². The number of carbonyl (C=O) groups is 1. The van der Waals surface area contributed by atoms with Gasteiger partial charge in [-0.05, 0) is 45.7 Å². The lowest BCUT2D eigenvalue weighted by atomic mass is 10.0. The zero-order valence-corrected chi connectivity index (χ0v) is 15.2. The third-order valence-corrected chi connectivity index (χ3v) is 5.42. The maximum Gasteiger partial charge on any atom is 0.226 e. The Bertz CT molecular complexity index is 557. The Kier molecular flexibility index (Phi) is 5.54. The van der Waals surface area contributed by atoms with Crippen LogP contribution in [0.2, 0.25) is 0 Å². The van der Waals surface area contributed by atoms with E-state index in [2.05, 4.69) is 27.0 Å². The van der Waals surface area contributed by atoms with Crippen molar-refractivity contribution >= 4 is 5.91 Å². The molecule has 0 bridgehead atoms. The number of rotatable bonds is 6. The van der Waals surface area contributed by atoms with E-state index < -0.39 is 0 Å². The van der Waals surface area contributed by atoms with E-state index in [1.54, 1.807) is 0 Å². The quantitative estimate of drug-likeness (QED) is 0.800. The fourth-order valence-corrected chi connectivity index (χ4v) is 4.06. The highest BCUT2D eigenvalue weighted by Gasteiger charge is 2.37. The predicted molar refractivity (Wildman–Crippen MR) is 91.7 cm³/mol. The lowest BCUT2D eigenvalue weighted by Gasteiger charge is -2.33. The third-order valence-electron chi connectivity index (χ3n) is 5.42. The van der Waals surface area contributed by atoms with Crippen molar-refractivity contribution in [1.29, 1.82) is 0 Å². The molecule has 2 fully saturated rings. The molecule has 3 rings (SSSR count). The third kappa shape index (κ3) is 3.79. The van der Waals surface area contributed by atoms with Crippen molar-refractivity contribution in [1.82, 2.24) is 19.9 Å². The molecule has 6 nitrogen and oxygen atoms in total. The van der Waals surface area contributed by atoms with Crippen molar-refractivity contribution in [2.45, 2.75) is 76.8 Å². The SMILES string of the molecule is CC(C)c1noc(CCCC(=O)N2CCC[C@H]2[C@@H]2CCCN2C)n1. The molecule has 1 aromatic heterocycles. The van der Waals surface area contributed by atoms with E-state index in [1.807, 2.05) is 13.8 Å². The molecule has 0 N–H and O–H groups in total. The van der Waals surface area contributed by atoms with Gasteiger partial charge in [0, 0.05) is 37.4 Å². The van der Waals surface area contributed by atoms with Crippen LogP contribution in [0, 0.1) is 0 Å². The van der Waals surface area contributed by atoms with Gasteiger partial charge in [0.15, 0.2) is 5.82 Å². The van der Waals surface area contributed by atoms with Gasteiger partial charge in [-0.1, -0.05) is 19.0 Å². The number of amides is 1. The summed E-state index contributed by atoms with van der Waals surface area (Å²) in [7, 11) is 2.19. The number of hydrogen-bond donors (Lipinski definition) is 0. The summed E-state index contributed by atoms with van der Waals surface area (Å²) in [6.45, 7) is 6.18. The predicted octanol–water partition coefficient (Wildman–Crippen LogP) is 2.60. The fraction of sp³-hybridized carbons (Fsp3) is 0.833. The Balaban J connectivity index is 1.48. The van der Waals surface area contributed by atoms with E-state index in [4.69, 9.17) is 4.52 Å². The highest BCUT2D eigenvalue weighted by molar-refractivity contribution is 5.76. The molecule has 1 amide bonds. The Hall–Kier alpha value is -1.43. The lowest BCUT2D eigenvalue weighted by Crippen LogP contribution is -2.47. The summed E-state index contributed by atoms with van der Waals surface area (Å²) >= 11 is 0. The van der Waals surface area contributed by atoms with Crippen molar-refractivity contribution in [3.63, 3.8) is 0 Å². The van der Waals surface area contributed by atoms with Gasteiger partial charge in [-0.15, -0.1) is 0 Å². The van der Waals surface area contributed by atoms with Gasteiger partial charge in [0.1, 0.15) is 0 Å². The van der Waals surface area contributed by atoms with Crippen molar-refractivity contribution in [2.24, 2.45) is 0 Å². The van der Waals surface area contributed by atoms with Gasteiger partial charge in [-0.25, -0.2) is 0 Å². The second kappa shape index (κ2) is 7.64. The van der Waals surface area contributed by atoms with Gasteiger partial charge in [0.2, 0.25) is 11.8 Å². The molecular weight excluding hydrogens is 304 g/mol. The first-order valence-corrected chi connectivity index (χ1v) is 9.38. The van der Waals surface area contributed by atoms with Crippen molar-refractivity contribution in [3.8, 4) is 0 Å². The molecule has 6 heteroatoms. The molecule has 2 atom stereocenters. The van der Waals surface area contributed by atoms with Gasteiger partial charge >= 0.3 is 0 Å². The summed E-state index contributed by atoms with van der Waals surface area (Å²) < 4.78 is 5.26. The van der Waals surface area contributed by atoms with Crippen molar-refractivity contribution < 1.29 is 9.32 Å². The number of likely N-dealkylation sites (tertiary alicyclic amines) is 2. The van der Waals surface area contributed by atoms with Crippen LogP contribution >= 0.6 is 0 Å². The maximum atomic E-state index is 12.7. The monoisotopic (exact) mass is 334 g/mol. The topological polar surface area (TPSA) is 62.5 Å². The summed E-state index contributed by atoms with van der Waals surface area (Å²) in [4.78, 5) is 21.6. The van der Waals surface area contributed by atoms with Crippen LogP contribution in [0.1, 0.15) is 70.0 Å². The molecule has 3 heterocycles. The zero-order chi connectivity index (χ0) is 17.1. The molecular formula is C18H30N4O2. The second-order valence-electron chi connectivity index (χ2n) is 7.54. The van der Waals surface area contributed by atoms with Crippen LogP contribution < -0.4 is 0 Å². The molecule has 134 valence electrons. The smallest absolute Gasteiger partial charge is 0.226 e. The Morgan fingerprint density at radius 2 is 2.00 bits per heavy atom. The number of nitrogens with zero attached hydrogens (tertiary/aromatic N) is 4. The fourth-order valence-electron chi connectivity index (χ4n) is 4.06. The molecule has 0 radical (unpaired) electrons. The van der Waals surface area contributed by atoms with E-state index in [0.29, 0.717) is 36.7 Å². The van der Waals surface area contributed by atoms with Gasteiger partial charge in [0.25, 0.3) is 0 Å². The van der Waals surface area contributed by atoms with E-state index in [-0.39, 0.29) is 5.92 Å². The average Bonchev–Trinajstić information content (AvgIpc) is 3.25. The Morgan fingerprint density at radius 1 is 1.25 bits per heavy atom. The minimum absolute atomic E-state index is 0.276. The highest BCUT2D eigenvalue weighted by Crippen LogP contribution is 2.29. The van der Waals surface area contributed by atoms with Crippen molar-refractivity contribution in [3.05, 3.63) is 11.7 Å². The average molecular weight is 334 g/mol. The van der Waals surface area contributed by atoms with Crippen LogP contribution in [0.15, 0.2) is 4.52 Å². The van der Waals surface area contributed by atoms with Gasteiger partial charge in [-0.2, -0.15) is 4.98 Å². The first kappa shape index (κ1) is 17.4. The van der Waals surface area contributed by atoms with Crippen LogP contribution in [0.25, 0.3) is 0 Å². The number of likely N-dealkylation sites (N-methyl/N-ethyl adjacent to an activating group) is 1. The second-order valence-corrected chi connectivity index (χ2v) is 7.54. The number of hydrogen-bond acceptors (Lipinski definition) is 5. The minimum Gasteiger partial charge on any atom is -0.339 e. The maximum absolute atomic E-state index is 12.7. The van der Waals surface area contributed by atoms with Crippen LogP contribution in [-0.2, 0) is 11.2 Å². The first-order chi connectivity index (χ1) is 11.6. The zero-order valence-electron chi connectivity index (χ0n) is 15.2. The molecule has 2 aliphatic rings. The van der Waals surface area contributed by atoms with Gasteiger partial charge in [0.05, 0.1) is 0 Å². The lowest BCUT2D eigenvalue weighted by molar-refractivity contribution is -0.133. The molecule has 0 aliphatic carbocycles. The van der Waals surface area contributed by atoms with Crippen molar-refractivity contribution in [2.75, 3.05) is 20.1 Å². The van der Waals surface area contributed by atoms with Crippen LogP contribution in [0.5, 0.6) is 0 Å². The molecule has 0 unspecified atom stereocenters. The molecule has 0 aromatic carbocycles. The van der Waals surface area contributed by atoms with Crippen LogP contribution in [-0.4, -0.2) is 58.1 Å². The molecule has 0 spiro atoms. The largest absolute Gasteiger partial charge is 0.339 e. The Labute approximate surface area is 144 Å². The minimum atomic E-state index is 0.276. The summed E-state index contributed by atoms with van der Waals surface area (Å²) in [6, 6.07) is 0.974. The summed E-state index contributed by atoms with van der Waals surface area (Å²) in [5, 5.41) is 3.98.